The van der Waals surface area contributed by atoms with E-state index >= 15 is 0 Å². The first-order chi connectivity index (χ1) is 13.1. The van der Waals surface area contributed by atoms with Crippen molar-refractivity contribution in [2.45, 2.75) is 26.6 Å². The number of hydrogen-bond donors (Lipinski definition) is 1. The van der Waals surface area contributed by atoms with Gasteiger partial charge in [-0.15, -0.1) is 0 Å². The second-order valence-corrected chi connectivity index (χ2v) is 7.10. The largest absolute Gasteiger partial charge is 0.379 e. The summed E-state index contributed by atoms with van der Waals surface area (Å²) in [5.41, 5.74) is 4.80. The minimum Gasteiger partial charge on any atom is -0.379 e. The van der Waals surface area contributed by atoms with E-state index in [1.54, 1.807) is 4.90 Å². The summed E-state index contributed by atoms with van der Waals surface area (Å²) in [4.78, 5) is 16.6. The average Bonchev–Trinajstić information content (AvgIpc) is 2.69. The third-order valence-electron chi connectivity index (χ3n) is 5.06. The number of nitrogens with zero attached hydrogens (tertiary/aromatic N) is 2. The summed E-state index contributed by atoms with van der Waals surface area (Å²) in [5, 5.41) is 3.06. The molecule has 0 atom stereocenters. The van der Waals surface area contributed by atoms with Crippen LogP contribution in [0.3, 0.4) is 0 Å². The van der Waals surface area contributed by atoms with Crippen LogP contribution in [0, 0.1) is 6.92 Å². The predicted octanol–water partition coefficient (Wildman–Crippen LogP) is 3.17. The molecule has 2 aromatic rings. The Kier molecular flexibility index (Phi) is 6.85. The van der Waals surface area contributed by atoms with Crippen molar-refractivity contribution >= 4 is 6.03 Å². The Morgan fingerprint density at radius 2 is 1.67 bits per heavy atom. The van der Waals surface area contributed by atoms with Gasteiger partial charge in [0.1, 0.15) is 0 Å². The summed E-state index contributed by atoms with van der Waals surface area (Å²) in [7, 11) is 1.83. The molecule has 5 nitrogen and oxygen atoms in total. The topological polar surface area (TPSA) is 44.8 Å². The number of carbonyl (C=O) groups is 1. The van der Waals surface area contributed by atoms with Crippen molar-refractivity contribution in [1.29, 1.82) is 0 Å². The number of ether oxygens (including phenoxy) is 1. The maximum atomic E-state index is 12.5. The molecular formula is C22H29N3O2. The SMILES string of the molecule is Cc1ccccc1CN(C)C(=O)NCc1ccccc1CN1CCOCC1. The zero-order valence-electron chi connectivity index (χ0n) is 16.3. The van der Waals surface area contributed by atoms with Gasteiger partial charge in [-0.2, -0.15) is 0 Å². The monoisotopic (exact) mass is 367 g/mol. The van der Waals surface area contributed by atoms with Gasteiger partial charge in [0.2, 0.25) is 0 Å². The van der Waals surface area contributed by atoms with E-state index in [0.29, 0.717) is 13.1 Å². The van der Waals surface area contributed by atoms with Gasteiger partial charge in [0.05, 0.1) is 13.2 Å². The van der Waals surface area contributed by atoms with E-state index in [4.69, 9.17) is 4.74 Å². The Balaban J connectivity index is 1.56. The average molecular weight is 367 g/mol. The lowest BCUT2D eigenvalue weighted by atomic mass is 10.1. The van der Waals surface area contributed by atoms with Crippen molar-refractivity contribution in [3.63, 3.8) is 0 Å². The van der Waals surface area contributed by atoms with E-state index in [1.165, 1.54) is 22.3 Å². The molecule has 1 heterocycles. The lowest BCUT2D eigenvalue weighted by Gasteiger charge is -2.27. The molecule has 0 aromatic heterocycles. The number of nitrogens with one attached hydrogen (secondary N) is 1. The number of morpholine rings is 1. The van der Waals surface area contributed by atoms with Crippen LogP contribution in [0.2, 0.25) is 0 Å². The van der Waals surface area contributed by atoms with Crippen LogP contribution < -0.4 is 5.32 Å². The van der Waals surface area contributed by atoms with Gasteiger partial charge in [0.25, 0.3) is 0 Å². The zero-order chi connectivity index (χ0) is 19.1. The summed E-state index contributed by atoms with van der Waals surface area (Å²) >= 11 is 0. The molecule has 0 aliphatic carbocycles. The summed E-state index contributed by atoms with van der Waals surface area (Å²) < 4.78 is 5.43. The highest BCUT2D eigenvalue weighted by molar-refractivity contribution is 5.73. The summed E-state index contributed by atoms with van der Waals surface area (Å²) in [6.45, 7) is 7.62. The van der Waals surface area contributed by atoms with E-state index in [2.05, 4.69) is 47.5 Å². The van der Waals surface area contributed by atoms with Gasteiger partial charge >= 0.3 is 6.03 Å². The maximum absolute atomic E-state index is 12.5. The number of hydrogen-bond acceptors (Lipinski definition) is 3. The van der Waals surface area contributed by atoms with Crippen LogP contribution in [0.25, 0.3) is 0 Å². The number of benzene rings is 2. The van der Waals surface area contributed by atoms with Crippen LogP contribution in [0.4, 0.5) is 4.79 Å². The normalized spacial score (nSPS) is 14.7. The van der Waals surface area contributed by atoms with Crippen LogP contribution in [0.1, 0.15) is 22.3 Å². The molecule has 0 bridgehead atoms. The van der Waals surface area contributed by atoms with Gasteiger partial charge in [0.15, 0.2) is 0 Å². The summed E-state index contributed by atoms with van der Waals surface area (Å²) in [6, 6.07) is 16.4. The fourth-order valence-electron chi connectivity index (χ4n) is 3.30. The molecule has 27 heavy (non-hydrogen) atoms. The smallest absolute Gasteiger partial charge is 0.317 e. The van der Waals surface area contributed by atoms with Crippen LogP contribution in [-0.2, 0) is 24.4 Å². The van der Waals surface area contributed by atoms with Crippen LogP contribution in [0.5, 0.6) is 0 Å². The molecule has 1 fully saturated rings. The van der Waals surface area contributed by atoms with E-state index in [-0.39, 0.29) is 6.03 Å². The van der Waals surface area contributed by atoms with E-state index in [1.807, 2.05) is 25.2 Å². The van der Waals surface area contributed by atoms with Crippen molar-refractivity contribution in [2.75, 3.05) is 33.4 Å². The minimum absolute atomic E-state index is 0.0561. The standard InChI is InChI=1S/C22H29N3O2/c1-18-7-3-4-9-20(18)16-24(2)22(26)23-15-19-8-5-6-10-21(19)17-25-11-13-27-14-12-25/h3-10H,11-17H2,1-2H3,(H,23,26). The molecule has 3 rings (SSSR count). The number of carbonyl (C=O) groups excluding carboxylic acids is 1. The predicted molar refractivity (Wildman–Crippen MR) is 107 cm³/mol. The molecule has 144 valence electrons. The molecule has 2 amide bonds. The number of amides is 2. The van der Waals surface area contributed by atoms with Gasteiger partial charge < -0.3 is 15.0 Å². The molecule has 0 spiro atoms. The fourth-order valence-corrected chi connectivity index (χ4v) is 3.30. The Bertz CT molecular complexity index is 757. The first-order valence-electron chi connectivity index (χ1n) is 9.54. The first kappa shape index (κ1) is 19.4. The Labute approximate surface area is 161 Å². The van der Waals surface area contributed by atoms with Gasteiger partial charge in [-0.05, 0) is 29.2 Å². The zero-order valence-corrected chi connectivity index (χ0v) is 16.3. The third kappa shape index (κ3) is 5.55. The van der Waals surface area contributed by atoms with Crippen LogP contribution in [0.15, 0.2) is 48.5 Å². The molecule has 0 radical (unpaired) electrons. The van der Waals surface area contributed by atoms with E-state index in [9.17, 15) is 4.79 Å². The van der Waals surface area contributed by atoms with Gasteiger partial charge in [-0.25, -0.2) is 4.79 Å². The highest BCUT2D eigenvalue weighted by Gasteiger charge is 2.14. The molecule has 1 saturated heterocycles. The number of aryl methyl sites for hydroxylation is 1. The van der Waals surface area contributed by atoms with Crippen molar-refractivity contribution in [3.05, 3.63) is 70.8 Å². The molecular weight excluding hydrogens is 338 g/mol. The molecule has 0 saturated carbocycles. The summed E-state index contributed by atoms with van der Waals surface area (Å²) in [5.74, 6) is 0. The molecule has 5 heteroatoms. The third-order valence-corrected chi connectivity index (χ3v) is 5.06. The lowest BCUT2D eigenvalue weighted by Crippen LogP contribution is -2.37. The van der Waals surface area contributed by atoms with Crippen molar-refractivity contribution in [2.24, 2.45) is 0 Å². The molecule has 2 aromatic carbocycles. The Morgan fingerprint density at radius 3 is 2.37 bits per heavy atom. The second kappa shape index (κ2) is 9.53. The molecule has 1 N–H and O–H groups in total. The Morgan fingerprint density at radius 1 is 1.04 bits per heavy atom. The fraction of sp³-hybridized carbons (Fsp3) is 0.409. The van der Waals surface area contributed by atoms with E-state index in [0.717, 1.165) is 32.8 Å². The van der Waals surface area contributed by atoms with Crippen LogP contribution >= 0.6 is 0 Å². The molecule has 1 aliphatic heterocycles. The summed E-state index contributed by atoms with van der Waals surface area (Å²) in [6.07, 6.45) is 0. The molecule has 1 aliphatic rings. The van der Waals surface area contributed by atoms with Crippen molar-refractivity contribution < 1.29 is 9.53 Å². The number of rotatable bonds is 6. The lowest BCUT2D eigenvalue weighted by molar-refractivity contribution is 0.0341. The quantitative estimate of drug-likeness (QED) is 0.853. The Hall–Kier alpha value is -2.37. The highest BCUT2D eigenvalue weighted by atomic mass is 16.5. The van der Waals surface area contributed by atoms with E-state index < -0.39 is 0 Å². The van der Waals surface area contributed by atoms with Gasteiger partial charge in [-0.3, -0.25) is 4.90 Å². The van der Waals surface area contributed by atoms with Crippen molar-refractivity contribution in [1.82, 2.24) is 15.1 Å². The highest BCUT2D eigenvalue weighted by Crippen LogP contribution is 2.14. The van der Waals surface area contributed by atoms with Gasteiger partial charge in [0, 0.05) is 39.8 Å². The number of urea groups is 1. The maximum Gasteiger partial charge on any atom is 0.317 e. The minimum atomic E-state index is -0.0561. The first-order valence-corrected chi connectivity index (χ1v) is 9.54. The molecule has 0 unspecified atom stereocenters. The van der Waals surface area contributed by atoms with Gasteiger partial charge in [-0.1, -0.05) is 48.5 Å². The van der Waals surface area contributed by atoms with Crippen LogP contribution in [-0.4, -0.2) is 49.2 Å². The van der Waals surface area contributed by atoms with Crippen molar-refractivity contribution in [3.8, 4) is 0 Å². The second-order valence-electron chi connectivity index (χ2n) is 7.10.